The lowest BCUT2D eigenvalue weighted by Gasteiger charge is -2.25. The Balaban J connectivity index is 2.15. The van der Waals surface area contributed by atoms with Crippen LogP contribution in [0.2, 0.25) is 0 Å². The van der Waals surface area contributed by atoms with E-state index in [2.05, 4.69) is 20.5 Å². The van der Waals surface area contributed by atoms with Gasteiger partial charge in [-0.25, -0.2) is 9.89 Å². The maximum Gasteiger partial charge on any atom is 0.342 e. The van der Waals surface area contributed by atoms with Crippen LogP contribution in [0.15, 0.2) is 9.59 Å². The number of H-pyrrole nitrogens is 2. The van der Waals surface area contributed by atoms with Crippen molar-refractivity contribution >= 4 is 5.82 Å². The summed E-state index contributed by atoms with van der Waals surface area (Å²) in [6.07, 6.45) is 2.21. The van der Waals surface area contributed by atoms with Gasteiger partial charge in [0.25, 0.3) is 5.56 Å². The quantitative estimate of drug-likeness (QED) is 0.591. The molecule has 1 aromatic rings. The maximum absolute atomic E-state index is 11.8. The fourth-order valence-electron chi connectivity index (χ4n) is 2.22. The van der Waals surface area contributed by atoms with Crippen LogP contribution in [0.4, 0.5) is 5.82 Å². The molecule has 19 heavy (non-hydrogen) atoms. The predicted molar refractivity (Wildman–Crippen MR) is 70.6 cm³/mol. The zero-order valence-electron chi connectivity index (χ0n) is 10.9. The number of anilines is 1. The van der Waals surface area contributed by atoms with Crippen LogP contribution >= 0.6 is 0 Å². The average molecular weight is 269 g/mol. The van der Waals surface area contributed by atoms with Crippen molar-refractivity contribution in [2.45, 2.75) is 18.9 Å². The third-order valence-corrected chi connectivity index (χ3v) is 3.16. The third kappa shape index (κ3) is 3.65. The topological polar surface area (TPSA) is 103 Å². The van der Waals surface area contributed by atoms with E-state index in [4.69, 9.17) is 4.74 Å². The van der Waals surface area contributed by atoms with Gasteiger partial charge in [-0.3, -0.25) is 9.78 Å². The summed E-state index contributed by atoms with van der Waals surface area (Å²) in [4.78, 5) is 26.8. The fraction of sp³-hybridized carbons (Fsp3) is 0.727. The van der Waals surface area contributed by atoms with Crippen molar-refractivity contribution in [2.75, 3.05) is 38.3 Å². The van der Waals surface area contributed by atoms with Crippen LogP contribution < -0.4 is 21.5 Å². The molecule has 1 saturated heterocycles. The molecule has 1 aliphatic heterocycles. The molecule has 2 heterocycles. The largest absolute Gasteiger partial charge is 0.383 e. The molecule has 8 nitrogen and oxygen atoms in total. The zero-order chi connectivity index (χ0) is 13.7. The van der Waals surface area contributed by atoms with Gasteiger partial charge in [0.05, 0.1) is 6.61 Å². The van der Waals surface area contributed by atoms with Crippen LogP contribution in [0.5, 0.6) is 0 Å². The highest BCUT2D eigenvalue weighted by atomic mass is 16.5. The van der Waals surface area contributed by atoms with E-state index in [-0.39, 0.29) is 5.82 Å². The monoisotopic (exact) mass is 269 g/mol. The Hall–Kier alpha value is -1.67. The number of nitrogens with zero attached hydrogens (tertiary/aromatic N) is 2. The highest BCUT2D eigenvalue weighted by Crippen LogP contribution is 2.09. The minimum absolute atomic E-state index is 0.227. The fourth-order valence-corrected chi connectivity index (χ4v) is 2.22. The Labute approximate surface area is 110 Å². The molecule has 0 spiro atoms. The van der Waals surface area contributed by atoms with Crippen LogP contribution in [0.25, 0.3) is 0 Å². The van der Waals surface area contributed by atoms with Crippen molar-refractivity contribution in [3.05, 3.63) is 20.8 Å². The summed E-state index contributed by atoms with van der Waals surface area (Å²) in [5, 5.41) is 9.46. The van der Waals surface area contributed by atoms with Crippen LogP contribution in [-0.2, 0) is 4.74 Å². The zero-order valence-corrected chi connectivity index (χ0v) is 10.9. The Bertz CT molecular complexity index is 506. The molecule has 1 aromatic heterocycles. The second-order valence-corrected chi connectivity index (χ2v) is 4.56. The van der Waals surface area contributed by atoms with Crippen molar-refractivity contribution in [3.8, 4) is 0 Å². The van der Waals surface area contributed by atoms with Gasteiger partial charge >= 0.3 is 5.69 Å². The minimum Gasteiger partial charge on any atom is -0.383 e. The lowest BCUT2D eigenvalue weighted by Crippen LogP contribution is -2.43. The van der Waals surface area contributed by atoms with E-state index in [1.165, 1.54) is 0 Å². The molecule has 0 aliphatic carbocycles. The van der Waals surface area contributed by atoms with Crippen LogP contribution in [0, 0.1) is 0 Å². The first kappa shape index (κ1) is 13.8. The lowest BCUT2D eigenvalue weighted by atomic mass is 10.2. The molecule has 1 fully saturated rings. The van der Waals surface area contributed by atoms with Gasteiger partial charge in [-0.2, -0.15) is 0 Å². The molecule has 0 saturated carbocycles. The molecule has 0 aromatic carbocycles. The van der Waals surface area contributed by atoms with Crippen molar-refractivity contribution in [3.63, 3.8) is 0 Å². The van der Waals surface area contributed by atoms with E-state index in [1.807, 2.05) is 4.90 Å². The number of rotatable bonds is 6. The first-order chi connectivity index (χ1) is 9.20. The maximum atomic E-state index is 11.8. The van der Waals surface area contributed by atoms with Gasteiger partial charge in [0.15, 0.2) is 0 Å². The molecule has 0 amide bonds. The Kier molecular flexibility index (Phi) is 4.69. The molecule has 2 rings (SSSR count). The normalized spacial score (nSPS) is 18.7. The SMILES string of the molecule is COCCN(CC1CCCN1)c1n[nH]c(=O)[nH]c1=O. The Morgan fingerprint density at radius 3 is 2.95 bits per heavy atom. The van der Waals surface area contributed by atoms with Crippen LogP contribution in [0.3, 0.4) is 0 Å². The van der Waals surface area contributed by atoms with E-state index in [0.717, 1.165) is 19.4 Å². The Morgan fingerprint density at radius 2 is 2.32 bits per heavy atom. The standard InChI is InChI=1S/C11H19N5O3/c1-19-6-5-16(7-8-3-2-4-12-8)9-10(17)13-11(18)15-14-9/h8,12H,2-7H2,1H3,(H2,13,15,17,18). The molecule has 3 N–H and O–H groups in total. The number of nitrogens with one attached hydrogen (secondary N) is 3. The van der Waals surface area contributed by atoms with Crippen molar-refractivity contribution < 1.29 is 4.74 Å². The summed E-state index contributed by atoms with van der Waals surface area (Å²) in [6.45, 7) is 2.72. The summed E-state index contributed by atoms with van der Waals surface area (Å²) in [6, 6.07) is 0.338. The minimum atomic E-state index is -0.598. The molecular weight excluding hydrogens is 250 g/mol. The van der Waals surface area contributed by atoms with Crippen molar-refractivity contribution in [1.82, 2.24) is 20.5 Å². The van der Waals surface area contributed by atoms with Gasteiger partial charge in [0, 0.05) is 26.2 Å². The van der Waals surface area contributed by atoms with E-state index < -0.39 is 11.2 Å². The van der Waals surface area contributed by atoms with Crippen molar-refractivity contribution in [2.24, 2.45) is 0 Å². The van der Waals surface area contributed by atoms with Crippen molar-refractivity contribution in [1.29, 1.82) is 0 Å². The summed E-state index contributed by atoms with van der Waals surface area (Å²) in [5.41, 5.74) is -1.07. The first-order valence-electron chi connectivity index (χ1n) is 6.37. The van der Waals surface area contributed by atoms with Gasteiger partial charge in [-0.1, -0.05) is 0 Å². The second-order valence-electron chi connectivity index (χ2n) is 4.56. The average Bonchev–Trinajstić information content (AvgIpc) is 2.88. The molecular formula is C11H19N5O3. The third-order valence-electron chi connectivity index (χ3n) is 3.16. The number of ether oxygens (including phenoxy) is 1. The molecule has 106 valence electrons. The number of aromatic amines is 2. The van der Waals surface area contributed by atoms with Gasteiger partial charge in [0.2, 0.25) is 5.82 Å². The predicted octanol–water partition coefficient (Wildman–Crippen LogP) is -1.34. The summed E-state index contributed by atoms with van der Waals surface area (Å²) >= 11 is 0. The highest BCUT2D eigenvalue weighted by Gasteiger charge is 2.20. The highest BCUT2D eigenvalue weighted by molar-refractivity contribution is 5.34. The van der Waals surface area contributed by atoms with Gasteiger partial charge in [0.1, 0.15) is 0 Å². The molecule has 1 aliphatic rings. The van der Waals surface area contributed by atoms with E-state index >= 15 is 0 Å². The summed E-state index contributed by atoms with van der Waals surface area (Å²) < 4.78 is 5.05. The molecule has 0 bridgehead atoms. The van der Waals surface area contributed by atoms with Gasteiger partial charge < -0.3 is 15.0 Å². The molecule has 0 radical (unpaired) electrons. The summed E-state index contributed by atoms with van der Waals surface area (Å²) in [7, 11) is 1.61. The number of aromatic nitrogens is 3. The summed E-state index contributed by atoms with van der Waals surface area (Å²) in [5.74, 6) is 0.227. The number of methoxy groups -OCH3 is 1. The molecule has 1 atom stereocenters. The van der Waals surface area contributed by atoms with Gasteiger partial charge in [-0.05, 0) is 19.4 Å². The number of hydrogen-bond acceptors (Lipinski definition) is 6. The Morgan fingerprint density at radius 1 is 1.47 bits per heavy atom. The lowest BCUT2D eigenvalue weighted by molar-refractivity contribution is 0.204. The first-order valence-corrected chi connectivity index (χ1v) is 6.37. The van der Waals surface area contributed by atoms with Crippen LogP contribution in [0.1, 0.15) is 12.8 Å². The number of hydrogen-bond donors (Lipinski definition) is 3. The van der Waals surface area contributed by atoms with Gasteiger partial charge in [-0.15, -0.1) is 5.10 Å². The van der Waals surface area contributed by atoms with E-state index in [1.54, 1.807) is 7.11 Å². The molecule has 1 unspecified atom stereocenters. The second kappa shape index (κ2) is 6.48. The molecule has 8 heteroatoms. The smallest absolute Gasteiger partial charge is 0.342 e. The van der Waals surface area contributed by atoms with Crippen LogP contribution in [-0.4, -0.2) is 54.6 Å². The van der Waals surface area contributed by atoms with E-state index in [0.29, 0.717) is 25.7 Å². The van der Waals surface area contributed by atoms with E-state index in [9.17, 15) is 9.59 Å².